The van der Waals surface area contributed by atoms with Gasteiger partial charge in [-0.2, -0.15) is 4.98 Å². The molecule has 3 aromatic rings. The van der Waals surface area contributed by atoms with Gasteiger partial charge in [-0.15, -0.1) is 11.6 Å². The molecule has 0 N–H and O–H groups in total. The Balaban J connectivity index is 1.75. The average molecular weight is 303 g/mol. The van der Waals surface area contributed by atoms with E-state index in [1.807, 2.05) is 30.3 Å². The zero-order valence-electron chi connectivity index (χ0n) is 11.0. The molecule has 106 valence electrons. The second-order valence-electron chi connectivity index (χ2n) is 4.63. The molecule has 0 radical (unpaired) electrons. The first-order chi connectivity index (χ1) is 10.2. The summed E-state index contributed by atoms with van der Waals surface area (Å²) in [5.74, 6) is 0.621. The highest BCUT2D eigenvalue weighted by Gasteiger charge is 2.18. The molecule has 1 aromatic heterocycles. The number of aromatic nitrogens is 2. The number of hydrogen-bond donors (Lipinski definition) is 0. The fourth-order valence-corrected chi connectivity index (χ4v) is 2.23. The zero-order chi connectivity index (χ0) is 14.7. The van der Waals surface area contributed by atoms with Gasteiger partial charge < -0.3 is 4.52 Å². The summed E-state index contributed by atoms with van der Waals surface area (Å²) in [5, 5.41) is 3.44. The Morgan fingerprint density at radius 1 is 1.05 bits per heavy atom. The molecule has 1 atom stereocenters. The van der Waals surface area contributed by atoms with Crippen LogP contribution < -0.4 is 0 Å². The molecule has 0 amide bonds. The van der Waals surface area contributed by atoms with Crippen molar-refractivity contribution in [2.75, 3.05) is 0 Å². The Bertz CT molecular complexity index is 713. The summed E-state index contributed by atoms with van der Waals surface area (Å²) < 4.78 is 18.1. The molecule has 1 heterocycles. The number of benzene rings is 2. The van der Waals surface area contributed by atoms with Gasteiger partial charge in [0.15, 0.2) is 5.82 Å². The van der Waals surface area contributed by atoms with E-state index in [1.165, 1.54) is 12.1 Å². The fourth-order valence-electron chi connectivity index (χ4n) is 1.99. The van der Waals surface area contributed by atoms with E-state index in [4.69, 9.17) is 16.1 Å². The van der Waals surface area contributed by atoms with Crippen LogP contribution in [0.5, 0.6) is 0 Å². The van der Waals surface area contributed by atoms with Crippen molar-refractivity contribution in [2.45, 2.75) is 11.8 Å². The number of rotatable bonds is 4. The molecule has 0 aliphatic rings. The maximum absolute atomic E-state index is 12.9. The molecule has 0 fully saturated rings. The molecule has 0 bridgehead atoms. The van der Waals surface area contributed by atoms with E-state index >= 15 is 0 Å². The van der Waals surface area contributed by atoms with Gasteiger partial charge in [-0.1, -0.05) is 47.6 Å². The summed E-state index contributed by atoms with van der Waals surface area (Å²) in [6, 6.07) is 15.7. The molecule has 0 aliphatic heterocycles. The third-order valence-corrected chi connectivity index (χ3v) is 3.51. The van der Waals surface area contributed by atoms with Gasteiger partial charge in [-0.3, -0.25) is 0 Å². The summed E-state index contributed by atoms with van der Waals surface area (Å²) in [7, 11) is 0. The summed E-state index contributed by atoms with van der Waals surface area (Å²) in [6.45, 7) is 0. The highest BCUT2D eigenvalue weighted by molar-refractivity contribution is 6.22. The zero-order valence-corrected chi connectivity index (χ0v) is 11.8. The Kier molecular flexibility index (Phi) is 3.97. The SMILES string of the molecule is Fc1ccc(Cc2noc(C(Cl)c3ccccc3)n2)cc1. The molecule has 0 saturated heterocycles. The minimum absolute atomic E-state index is 0.266. The van der Waals surface area contributed by atoms with Crippen LogP contribution in [0.1, 0.15) is 28.2 Å². The van der Waals surface area contributed by atoms with E-state index in [0.29, 0.717) is 18.1 Å². The second kappa shape index (κ2) is 6.06. The molecule has 0 aliphatic carbocycles. The van der Waals surface area contributed by atoms with Crippen LogP contribution in [0.25, 0.3) is 0 Å². The van der Waals surface area contributed by atoms with Gasteiger partial charge in [0.05, 0.1) is 0 Å². The van der Waals surface area contributed by atoms with Crippen LogP contribution in [0, 0.1) is 5.82 Å². The van der Waals surface area contributed by atoms with E-state index in [-0.39, 0.29) is 5.82 Å². The van der Waals surface area contributed by atoms with Gasteiger partial charge in [0.1, 0.15) is 11.2 Å². The summed E-state index contributed by atoms with van der Waals surface area (Å²) in [5.41, 5.74) is 1.81. The Morgan fingerprint density at radius 3 is 2.48 bits per heavy atom. The lowest BCUT2D eigenvalue weighted by Crippen LogP contribution is -1.95. The molecule has 0 saturated carbocycles. The van der Waals surface area contributed by atoms with Crippen LogP contribution in [0.3, 0.4) is 0 Å². The van der Waals surface area contributed by atoms with Gasteiger partial charge >= 0.3 is 0 Å². The van der Waals surface area contributed by atoms with Gasteiger partial charge in [-0.25, -0.2) is 4.39 Å². The molecular weight excluding hydrogens is 291 g/mol. The summed E-state index contributed by atoms with van der Waals surface area (Å²) in [4.78, 5) is 4.30. The van der Waals surface area contributed by atoms with E-state index in [9.17, 15) is 4.39 Å². The van der Waals surface area contributed by atoms with Crippen LogP contribution in [-0.2, 0) is 6.42 Å². The van der Waals surface area contributed by atoms with Crippen molar-refractivity contribution >= 4 is 11.6 Å². The molecule has 5 heteroatoms. The first kappa shape index (κ1) is 13.8. The largest absolute Gasteiger partial charge is 0.337 e. The number of halogens is 2. The van der Waals surface area contributed by atoms with Crippen molar-refractivity contribution in [2.24, 2.45) is 0 Å². The third kappa shape index (κ3) is 3.28. The van der Waals surface area contributed by atoms with Gasteiger partial charge in [0, 0.05) is 6.42 Å². The first-order valence-electron chi connectivity index (χ1n) is 6.48. The Labute approximate surface area is 126 Å². The van der Waals surface area contributed by atoms with E-state index < -0.39 is 5.38 Å². The second-order valence-corrected chi connectivity index (χ2v) is 5.06. The van der Waals surface area contributed by atoms with Crippen molar-refractivity contribution in [1.82, 2.24) is 10.1 Å². The molecule has 21 heavy (non-hydrogen) atoms. The predicted octanol–water partition coefficient (Wildman–Crippen LogP) is 4.13. The quantitative estimate of drug-likeness (QED) is 0.680. The van der Waals surface area contributed by atoms with Crippen molar-refractivity contribution in [3.63, 3.8) is 0 Å². The van der Waals surface area contributed by atoms with Gasteiger partial charge in [-0.05, 0) is 23.3 Å². The van der Waals surface area contributed by atoms with E-state index in [0.717, 1.165) is 11.1 Å². The van der Waals surface area contributed by atoms with Gasteiger partial charge in [0.2, 0.25) is 5.89 Å². The lowest BCUT2D eigenvalue weighted by Gasteiger charge is -2.03. The van der Waals surface area contributed by atoms with E-state index in [2.05, 4.69) is 10.1 Å². The van der Waals surface area contributed by atoms with Crippen molar-refractivity contribution < 1.29 is 8.91 Å². The molecule has 2 aromatic carbocycles. The monoisotopic (exact) mass is 302 g/mol. The molecule has 1 unspecified atom stereocenters. The van der Waals surface area contributed by atoms with Crippen LogP contribution in [0.15, 0.2) is 59.1 Å². The smallest absolute Gasteiger partial charge is 0.249 e. The topological polar surface area (TPSA) is 38.9 Å². The highest BCUT2D eigenvalue weighted by atomic mass is 35.5. The molecule has 3 rings (SSSR count). The van der Waals surface area contributed by atoms with Crippen molar-refractivity contribution in [1.29, 1.82) is 0 Å². The number of hydrogen-bond acceptors (Lipinski definition) is 3. The first-order valence-corrected chi connectivity index (χ1v) is 6.92. The van der Waals surface area contributed by atoms with Gasteiger partial charge in [0.25, 0.3) is 0 Å². The fraction of sp³-hybridized carbons (Fsp3) is 0.125. The van der Waals surface area contributed by atoms with Crippen LogP contribution in [0.2, 0.25) is 0 Å². The Hall–Kier alpha value is -2.20. The van der Waals surface area contributed by atoms with Crippen LogP contribution >= 0.6 is 11.6 Å². The predicted molar refractivity (Wildman–Crippen MR) is 77.6 cm³/mol. The highest BCUT2D eigenvalue weighted by Crippen LogP contribution is 2.27. The summed E-state index contributed by atoms with van der Waals surface area (Å²) >= 11 is 6.32. The minimum Gasteiger partial charge on any atom is -0.337 e. The maximum atomic E-state index is 12.9. The summed E-state index contributed by atoms with van der Waals surface area (Å²) in [6.07, 6.45) is 0.474. The minimum atomic E-state index is -0.472. The van der Waals surface area contributed by atoms with Crippen LogP contribution in [0.4, 0.5) is 4.39 Å². The number of nitrogens with zero attached hydrogens (tertiary/aromatic N) is 2. The molecule has 3 nitrogen and oxygen atoms in total. The maximum Gasteiger partial charge on any atom is 0.249 e. The van der Waals surface area contributed by atoms with Crippen molar-refractivity contribution in [3.8, 4) is 0 Å². The number of alkyl halides is 1. The molecular formula is C16H12ClFN2O. The third-order valence-electron chi connectivity index (χ3n) is 3.07. The standard InChI is InChI=1S/C16H12ClFN2O/c17-15(12-4-2-1-3-5-12)16-19-14(20-21-16)10-11-6-8-13(18)9-7-11/h1-9,15H,10H2. The normalized spacial score (nSPS) is 12.3. The van der Waals surface area contributed by atoms with Crippen LogP contribution in [-0.4, -0.2) is 10.1 Å². The average Bonchev–Trinajstić information content (AvgIpc) is 2.98. The van der Waals surface area contributed by atoms with E-state index in [1.54, 1.807) is 12.1 Å². The lowest BCUT2D eigenvalue weighted by atomic mass is 10.1. The lowest BCUT2D eigenvalue weighted by molar-refractivity contribution is 0.377. The van der Waals surface area contributed by atoms with Crippen molar-refractivity contribution in [3.05, 3.63) is 83.3 Å². The molecule has 0 spiro atoms. The Morgan fingerprint density at radius 2 is 1.76 bits per heavy atom.